The molecular formula is C16H18N6O2. The fourth-order valence-electron chi connectivity index (χ4n) is 2.78. The number of hydrogen-bond donors (Lipinski definition) is 4. The Labute approximate surface area is 138 Å². The van der Waals surface area contributed by atoms with Crippen LogP contribution >= 0.6 is 0 Å². The molecule has 0 bridgehead atoms. The number of nitrogens with two attached hydrogens (primary N) is 1. The van der Waals surface area contributed by atoms with Crippen molar-refractivity contribution in [1.29, 1.82) is 5.41 Å². The molecule has 0 radical (unpaired) electrons. The Morgan fingerprint density at radius 1 is 1.54 bits per heavy atom. The Balaban J connectivity index is 2.06. The van der Waals surface area contributed by atoms with E-state index in [9.17, 15) is 9.59 Å². The predicted molar refractivity (Wildman–Crippen MR) is 89.9 cm³/mol. The molecule has 2 aromatic heterocycles. The molecule has 3 heterocycles. The van der Waals surface area contributed by atoms with Crippen molar-refractivity contribution >= 4 is 29.1 Å². The van der Waals surface area contributed by atoms with Crippen LogP contribution in [0.5, 0.6) is 0 Å². The second-order valence-electron chi connectivity index (χ2n) is 5.62. The van der Waals surface area contributed by atoms with E-state index in [0.717, 1.165) is 24.2 Å². The SMILES string of the molecule is CC1CCNC(=O)c2cc3ccc(C(=O)N/C(C=N)=C/N)nc3n21. The van der Waals surface area contributed by atoms with Crippen molar-refractivity contribution in [1.82, 2.24) is 20.2 Å². The molecule has 0 saturated heterocycles. The molecule has 0 saturated carbocycles. The van der Waals surface area contributed by atoms with Gasteiger partial charge >= 0.3 is 0 Å². The van der Waals surface area contributed by atoms with Gasteiger partial charge in [-0.05, 0) is 31.5 Å². The number of hydrogen-bond acceptors (Lipinski definition) is 5. The molecule has 1 atom stereocenters. The van der Waals surface area contributed by atoms with Crippen LogP contribution in [0.25, 0.3) is 11.0 Å². The van der Waals surface area contributed by atoms with Gasteiger partial charge in [-0.25, -0.2) is 4.98 Å². The standard InChI is InChI=1S/C16H18N6O2/c1-9-4-5-19-16(24)13-6-10-2-3-12(21-14(10)22(9)13)15(23)20-11(7-17)8-18/h2-3,6-9,17H,4-5,18H2,1H3,(H,19,24)(H,20,23)/b11-8+,17-7?. The maximum absolute atomic E-state index is 12.3. The van der Waals surface area contributed by atoms with Gasteiger partial charge in [-0.2, -0.15) is 0 Å². The Morgan fingerprint density at radius 2 is 2.33 bits per heavy atom. The van der Waals surface area contributed by atoms with Crippen LogP contribution in [0.1, 0.15) is 40.4 Å². The average Bonchev–Trinajstić information content (AvgIpc) is 2.91. The van der Waals surface area contributed by atoms with Gasteiger partial charge in [0.05, 0.1) is 5.70 Å². The molecule has 2 aromatic rings. The molecule has 3 rings (SSSR count). The monoisotopic (exact) mass is 326 g/mol. The van der Waals surface area contributed by atoms with E-state index in [2.05, 4.69) is 15.6 Å². The van der Waals surface area contributed by atoms with Crippen molar-refractivity contribution in [3.05, 3.63) is 41.5 Å². The van der Waals surface area contributed by atoms with Crippen LogP contribution in [0.15, 0.2) is 30.1 Å². The summed E-state index contributed by atoms with van der Waals surface area (Å²) in [5.74, 6) is -0.598. The summed E-state index contributed by atoms with van der Waals surface area (Å²) < 4.78 is 1.87. The van der Waals surface area contributed by atoms with Gasteiger partial charge in [-0.1, -0.05) is 0 Å². The number of carbonyl (C=O) groups is 2. The highest BCUT2D eigenvalue weighted by atomic mass is 16.2. The Hall–Kier alpha value is -3.16. The Kier molecular flexibility index (Phi) is 4.03. The summed E-state index contributed by atoms with van der Waals surface area (Å²) in [6, 6.07) is 5.21. The largest absolute Gasteiger partial charge is 0.403 e. The van der Waals surface area contributed by atoms with Crippen molar-refractivity contribution in [2.24, 2.45) is 5.73 Å². The van der Waals surface area contributed by atoms with Gasteiger partial charge in [0.15, 0.2) is 0 Å². The summed E-state index contributed by atoms with van der Waals surface area (Å²) >= 11 is 0. The summed E-state index contributed by atoms with van der Waals surface area (Å²) in [6.45, 7) is 2.62. The summed E-state index contributed by atoms with van der Waals surface area (Å²) in [6.07, 6.45) is 2.87. The van der Waals surface area contributed by atoms with Crippen LogP contribution in [0.2, 0.25) is 0 Å². The summed E-state index contributed by atoms with van der Waals surface area (Å²) in [7, 11) is 0. The summed E-state index contributed by atoms with van der Waals surface area (Å²) in [4.78, 5) is 28.9. The van der Waals surface area contributed by atoms with Gasteiger partial charge in [0.2, 0.25) is 0 Å². The van der Waals surface area contributed by atoms with Gasteiger partial charge in [0.25, 0.3) is 11.8 Å². The van der Waals surface area contributed by atoms with Crippen LogP contribution in [0, 0.1) is 5.41 Å². The van der Waals surface area contributed by atoms with Crippen molar-refractivity contribution in [3.63, 3.8) is 0 Å². The summed E-state index contributed by atoms with van der Waals surface area (Å²) in [5.41, 5.74) is 6.84. The number of fused-ring (bicyclic) bond motifs is 3. The lowest BCUT2D eigenvalue weighted by Gasteiger charge is -2.13. The third-order valence-electron chi connectivity index (χ3n) is 4.03. The number of nitrogens with zero attached hydrogens (tertiary/aromatic N) is 2. The van der Waals surface area contributed by atoms with E-state index in [0.29, 0.717) is 17.9 Å². The molecule has 124 valence electrons. The predicted octanol–water partition coefficient (Wildman–Crippen LogP) is 0.910. The first-order chi connectivity index (χ1) is 11.5. The highest BCUT2D eigenvalue weighted by Gasteiger charge is 2.24. The molecule has 1 aliphatic rings. The van der Waals surface area contributed by atoms with E-state index < -0.39 is 5.91 Å². The molecule has 24 heavy (non-hydrogen) atoms. The van der Waals surface area contributed by atoms with E-state index >= 15 is 0 Å². The zero-order chi connectivity index (χ0) is 17.3. The van der Waals surface area contributed by atoms with Crippen molar-refractivity contribution in [3.8, 4) is 0 Å². The number of rotatable bonds is 3. The number of aromatic nitrogens is 2. The molecule has 5 N–H and O–H groups in total. The third-order valence-corrected chi connectivity index (χ3v) is 4.03. The van der Waals surface area contributed by atoms with Gasteiger partial charge in [-0.3, -0.25) is 9.59 Å². The average molecular weight is 326 g/mol. The molecule has 0 spiro atoms. The second-order valence-corrected chi connectivity index (χ2v) is 5.62. The summed E-state index contributed by atoms with van der Waals surface area (Å²) in [5, 5.41) is 13.3. The molecular weight excluding hydrogens is 308 g/mol. The minimum atomic E-state index is -0.460. The number of amides is 2. The van der Waals surface area contributed by atoms with Crippen LogP contribution in [-0.2, 0) is 0 Å². The van der Waals surface area contributed by atoms with E-state index in [1.165, 1.54) is 0 Å². The van der Waals surface area contributed by atoms with Gasteiger partial charge in [0, 0.05) is 30.4 Å². The molecule has 1 aliphatic heterocycles. The molecule has 2 amide bonds. The molecule has 0 fully saturated rings. The molecule has 0 aromatic carbocycles. The highest BCUT2D eigenvalue weighted by molar-refractivity contribution is 6.01. The van der Waals surface area contributed by atoms with Crippen LogP contribution in [0.4, 0.5) is 0 Å². The van der Waals surface area contributed by atoms with Gasteiger partial charge in [0.1, 0.15) is 17.0 Å². The van der Waals surface area contributed by atoms with E-state index in [4.69, 9.17) is 11.1 Å². The molecule has 0 aliphatic carbocycles. The smallest absolute Gasteiger partial charge is 0.274 e. The maximum atomic E-state index is 12.3. The quantitative estimate of drug-likeness (QED) is 0.625. The Morgan fingerprint density at radius 3 is 3.04 bits per heavy atom. The lowest BCUT2D eigenvalue weighted by atomic mass is 10.2. The Bertz CT molecular complexity index is 867. The van der Waals surface area contributed by atoms with E-state index in [-0.39, 0.29) is 23.3 Å². The first-order valence-electron chi connectivity index (χ1n) is 7.59. The zero-order valence-electron chi connectivity index (χ0n) is 13.2. The zero-order valence-corrected chi connectivity index (χ0v) is 13.2. The first kappa shape index (κ1) is 15.7. The third kappa shape index (κ3) is 2.62. The molecule has 8 heteroatoms. The van der Waals surface area contributed by atoms with Crippen molar-refractivity contribution in [2.45, 2.75) is 19.4 Å². The van der Waals surface area contributed by atoms with E-state index in [1.807, 2.05) is 11.5 Å². The fourth-order valence-corrected chi connectivity index (χ4v) is 2.78. The fraction of sp³-hybridized carbons (Fsp3) is 0.250. The van der Waals surface area contributed by atoms with Crippen LogP contribution < -0.4 is 16.4 Å². The number of nitrogens with one attached hydrogen (secondary N) is 3. The normalized spacial score (nSPS) is 17.8. The van der Waals surface area contributed by atoms with Gasteiger partial charge < -0.3 is 26.3 Å². The second kappa shape index (κ2) is 6.15. The minimum Gasteiger partial charge on any atom is -0.403 e. The highest BCUT2D eigenvalue weighted by Crippen LogP contribution is 2.26. The minimum absolute atomic E-state index is 0.0864. The van der Waals surface area contributed by atoms with E-state index in [1.54, 1.807) is 18.2 Å². The van der Waals surface area contributed by atoms with Crippen LogP contribution in [-0.4, -0.2) is 34.1 Å². The lowest BCUT2D eigenvalue weighted by molar-refractivity contribution is 0.0948. The number of carbonyl (C=O) groups excluding carboxylic acids is 2. The maximum Gasteiger partial charge on any atom is 0.274 e. The first-order valence-corrected chi connectivity index (χ1v) is 7.59. The van der Waals surface area contributed by atoms with Crippen molar-refractivity contribution in [2.75, 3.05) is 6.54 Å². The number of allylic oxidation sites excluding steroid dienone is 1. The van der Waals surface area contributed by atoms with Crippen LogP contribution in [0.3, 0.4) is 0 Å². The molecule has 1 unspecified atom stereocenters. The molecule has 8 nitrogen and oxygen atoms in total. The number of pyridine rings is 1. The lowest BCUT2D eigenvalue weighted by Crippen LogP contribution is -2.25. The van der Waals surface area contributed by atoms with Gasteiger partial charge in [-0.15, -0.1) is 0 Å². The topological polar surface area (TPSA) is 126 Å². The van der Waals surface area contributed by atoms with Crippen molar-refractivity contribution < 1.29 is 9.59 Å².